The summed E-state index contributed by atoms with van der Waals surface area (Å²) in [6.07, 6.45) is 9.68. The number of aliphatic carboxylic acids is 1. The molecule has 0 bridgehead atoms. The SMILES string of the molecule is CC.CC1C(=O)CCC2(CO)C1CCC1(C)C3CCC4(C(=O)O)CCCCC4C3=CC(=O)C12. The lowest BCUT2D eigenvalue weighted by molar-refractivity contribution is -0.179. The molecule has 0 radical (unpaired) electrons. The van der Waals surface area contributed by atoms with Crippen LogP contribution in [-0.2, 0) is 14.4 Å². The van der Waals surface area contributed by atoms with Gasteiger partial charge in [-0.25, -0.2) is 0 Å². The van der Waals surface area contributed by atoms with Gasteiger partial charge in [-0.1, -0.05) is 46.1 Å². The lowest BCUT2D eigenvalue weighted by atomic mass is 9.38. The van der Waals surface area contributed by atoms with E-state index in [-0.39, 0.29) is 53.2 Å². The zero-order valence-corrected chi connectivity index (χ0v) is 20.9. The Morgan fingerprint density at radius 1 is 1.03 bits per heavy atom. The van der Waals surface area contributed by atoms with Gasteiger partial charge in [-0.3, -0.25) is 14.4 Å². The average molecular weight is 459 g/mol. The van der Waals surface area contributed by atoms with Gasteiger partial charge in [-0.05, 0) is 74.2 Å². The summed E-state index contributed by atoms with van der Waals surface area (Å²) >= 11 is 0. The maximum absolute atomic E-state index is 13.8. The number of fused-ring (bicyclic) bond motifs is 7. The van der Waals surface area contributed by atoms with Crippen molar-refractivity contribution in [1.82, 2.24) is 0 Å². The highest BCUT2D eigenvalue weighted by Gasteiger charge is 2.67. The molecule has 33 heavy (non-hydrogen) atoms. The van der Waals surface area contributed by atoms with Gasteiger partial charge in [0.05, 0.1) is 5.41 Å². The molecule has 8 unspecified atom stereocenters. The van der Waals surface area contributed by atoms with Crippen molar-refractivity contribution in [2.24, 2.45) is 45.8 Å². The Morgan fingerprint density at radius 3 is 2.42 bits per heavy atom. The molecule has 0 heterocycles. The zero-order chi connectivity index (χ0) is 24.2. The van der Waals surface area contributed by atoms with Gasteiger partial charge in [0.15, 0.2) is 5.78 Å². The first-order valence-corrected chi connectivity index (χ1v) is 13.3. The zero-order valence-electron chi connectivity index (χ0n) is 20.9. The van der Waals surface area contributed by atoms with Crippen LogP contribution in [0.15, 0.2) is 11.6 Å². The van der Waals surface area contributed by atoms with Crippen LogP contribution in [0.3, 0.4) is 0 Å². The van der Waals surface area contributed by atoms with Crippen molar-refractivity contribution >= 4 is 17.5 Å². The van der Waals surface area contributed by atoms with Crippen molar-refractivity contribution in [3.8, 4) is 0 Å². The number of carbonyl (C=O) groups excluding carboxylic acids is 2. The summed E-state index contributed by atoms with van der Waals surface area (Å²) in [7, 11) is 0. The molecule has 8 atom stereocenters. The summed E-state index contributed by atoms with van der Waals surface area (Å²) in [5.74, 6) is -0.471. The lowest BCUT2D eigenvalue weighted by Crippen LogP contribution is -2.64. The number of aliphatic hydroxyl groups excluding tert-OH is 1. The van der Waals surface area contributed by atoms with Crippen LogP contribution in [0.4, 0.5) is 0 Å². The van der Waals surface area contributed by atoms with Crippen LogP contribution < -0.4 is 0 Å². The second-order valence-corrected chi connectivity index (χ2v) is 11.6. The predicted octanol–water partition coefficient (Wildman–Crippen LogP) is 5.20. The van der Waals surface area contributed by atoms with E-state index in [1.165, 1.54) is 0 Å². The molecule has 0 aromatic heterocycles. The standard InChI is InChI=1S/C26H36O5.C2H6/c1-15-17-6-10-24(2)18-7-11-25(23(30)31)9-4-3-5-19(25)16(18)13-21(29)22(24)26(17,14-27)12-8-20(15)28;1-2/h13,15,17-19,22,27H,3-12,14H2,1-2H3,(H,30,31);1-2H3. The molecule has 184 valence electrons. The molecule has 4 saturated carbocycles. The Morgan fingerprint density at radius 2 is 1.76 bits per heavy atom. The maximum Gasteiger partial charge on any atom is 0.310 e. The fourth-order valence-electron chi connectivity index (χ4n) is 9.28. The topological polar surface area (TPSA) is 91.7 Å². The second-order valence-electron chi connectivity index (χ2n) is 11.6. The van der Waals surface area contributed by atoms with E-state index < -0.39 is 16.8 Å². The molecule has 0 saturated heterocycles. The first-order chi connectivity index (χ1) is 15.7. The number of ketones is 2. The number of Topliss-reactive ketones (excluding diaryl/α,β-unsaturated/α-hetero) is 1. The van der Waals surface area contributed by atoms with E-state index in [0.717, 1.165) is 44.1 Å². The van der Waals surface area contributed by atoms with Crippen LogP contribution in [0.2, 0.25) is 0 Å². The second kappa shape index (κ2) is 8.62. The molecule has 0 amide bonds. The summed E-state index contributed by atoms with van der Waals surface area (Å²) in [5, 5.41) is 20.9. The number of hydrogen-bond donors (Lipinski definition) is 2. The van der Waals surface area contributed by atoms with Crippen molar-refractivity contribution in [1.29, 1.82) is 0 Å². The van der Waals surface area contributed by atoms with E-state index in [2.05, 4.69) is 6.92 Å². The smallest absolute Gasteiger partial charge is 0.310 e. The molecule has 4 fully saturated rings. The van der Waals surface area contributed by atoms with Gasteiger partial charge in [0, 0.05) is 30.3 Å². The van der Waals surface area contributed by atoms with Gasteiger partial charge in [0.25, 0.3) is 0 Å². The van der Waals surface area contributed by atoms with Crippen LogP contribution in [0.1, 0.15) is 91.9 Å². The van der Waals surface area contributed by atoms with Gasteiger partial charge >= 0.3 is 5.97 Å². The number of carbonyl (C=O) groups is 3. The Kier molecular flexibility index (Phi) is 6.44. The number of rotatable bonds is 2. The van der Waals surface area contributed by atoms with Gasteiger partial charge in [0.1, 0.15) is 5.78 Å². The fourth-order valence-corrected chi connectivity index (χ4v) is 9.28. The Balaban J connectivity index is 0.00000126. The molecule has 5 nitrogen and oxygen atoms in total. The number of carboxylic acids is 1. The summed E-state index contributed by atoms with van der Waals surface area (Å²) in [4.78, 5) is 38.7. The molecular formula is C28H42O5. The van der Waals surface area contributed by atoms with Crippen LogP contribution in [0.5, 0.6) is 0 Å². The molecule has 0 aromatic carbocycles. The number of allylic oxidation sites excluding steroid dienone is 2. The largest absolute Gasteiger partial charge is 0.481 e. The van der Waals surface area contributed by atoms with E-state index in [1.54, 1.807) is 0 Å². The Hall–Kier alpha value is -1.49. The lowest BCUT2D eigenvalue weighted by Gasteiger charge is -2.64. The van der Waals surface area contributed by atoms with Gasteiger partial charge in [-0.2, -0.15) is 0 Å². The normalized spacial score (nSPS) is 46.5. The Bertz CT molecular complexity index is 860. The highest BCUT2D eigenvalue weighted by molar-refractivity contribution is 5.96. The highest BCUT2D eigenvalue weighted by Crippen LogP contribution is 2.69. The summed E-state index contributed by atoms with van der Waals surface area (Å²) in [5.41, 5.74) is -0.388. The number of aliphatic hydroxyl groups is 1. The third-order valence-electron chi connectivity index (χ3n) is 10.7. The summed E-state index contributed by atoms with van der Waals surface area (Å²) in [6, 6.07) is 0. The van der Waals surface area contributed by atoms with E-state index in [0.29, 0.717) is 25.7 Å². The molecule has 0 aliphatic heterocycles. The summed E-state index contributed by atoms with van der Waals surface area (Å²) < 4.78 is 0. The Labute approximate surface area is 198 Å². The number of hydrogen-bond acceptors (Lipinski definition) is 4. The van der Waals surface area contributed by atoms with Crippen LogP contribution in [-0.4, -0.2) is 34.4 Å². The van der Waals surface area contributed by atoms with Gasteiger partial charge in [0.2, 0.25) is 0 Å². The monoisotopic (exact) mass is 458 g/mol. The minimum absolute atomic E-state index is 0.0334. The third kappa shape index (κ3) is 3.24. The molecule has 5 rings (SSSR count). The first-order valence-electron chi connectivity index (χ1n) is 13.3. The van der Waals surface area contributed by atoms with Crippen molar-refractivity contribution in [2.75, 3.05) is 6.61 Å². The number of carboxylic acid groups (broad SMARTS) is 1. The van der Waals surface area contributed by atoms with Crippen molar-refractivity contribution < 1.29 is 24.6 Å². The van der Waals surface area contributed by atoms with Crippen molar-refractivity contribution in [3.63, 3.8) is 0 Å². The molecule has 0 spiro atoms. The van der Waals surface area contributed by atoms with Crippen molar-refractivity contribution in [2.45, 2.75) is 91.9 Å². The maximum atomic E-state index is 13.8. The highest BCUT2D eigenvalue weighted by atomic mass is 16.4. The molecule has 0 aromatic rings. The molecule has 2 N–H and O–H groups in total. The van der Waals surface area contributed by atoms with Gasteiger partial charge < -0.3 is 10.2 Å². The average Bonchev–Trinajstić information content (AvgIpc) is 2.82. The first kappa shape index (κ1) is 24.6. The van der Waals surface area contributed by atoms with Crippen molar-refractivity contribution in [3.05, 3.63) is 11.6 Å². The van der Waals surface area contributed by atoms with Crippen LogP contribution in [0.25, 0.3) is 0 Å². The van der Waals surface area contributed by atoms with E-state index in [4.69, 9.17) is 0 Å². The minimum Gasteiger partial charge on any atom is -0.481 e. The van der Waals surface area contributed by atoms with E-state index in [1.807, 2.05) is 26.8 Å². The molecular weight excluding hydrogens is 416 g/mol. The third-order valence-corrected chi connectivity index (χ3v) is 10.7. The van der Waals surface area contributed by atoms with E-state index >= 15 is 0 Å². The van der Waals surface area contributed by atoms with E-state index in [9.17, 15) is 24.6 Å². The quantitative estimate of drug-likeness (QED) is 0.593. The predicted molar refractivity (Wildman–Crippen MR) is 126 cm³/mol. The molecule has 5 heteroatoms. The molecule has 5 aliphatic rings. The van der Waals surface area contributed by atoms with Gasteiger partial charge in [-0.15, -0.1) is 0 Å². The minimum atomic E-state index is -0.707. The molecule has 5 aliphatic carbocycles. The fraction of sp³-hybridized carbons (Fsp3) is 0.821. The van der Waals surface area contributed by atoms with Crippen LogP contribution in [0, 0.1) is 45.8 Å². The summed E-state index contributed by atoms with van der Waals surface area (Å²) in [6.45, 7) is 8.18. The van der Waals surface area contributed by atoms with Crippen LogP contribution >= 0.6 is 0 Å².